The van der Waals surface area contributed by atoms with E-state index in [1.807, 2.05) is 7.05 Å². The van der Waals surface area contributed by atoms with Crippen molar-refractivity contribution >= 4 is 50.6 Å². The van der Waals surface area contributed by atoms with Crippen LogP contribution >= 0.6 is 21.4 Å². The quantitative estimate of drug-likeness (QED) is 0.440. The SMILES string of the molecule is CN1CCOc2ccc3c(ccn3S(=O)(=O)c3ccc(OC(F)(F)F)cc3)c2C1.O=S(=O)(Cl)Cl. The molecule has 0 radical (unpaired) electrons. The zero-order valence-electron chi connectivity index (χ0n) is 17.3. The van der Waals surface area contributed by atoms with Crippen LogP contribution in [-0.4, -0.2) is 52.3 Å². The smallest absolute Gasteiger partial charge is 0.492 e. The van der Waals surface area contributed by atoms with Gasteiger partial charge in [0, 0.05) is 51.6 Å². The van der Waals surface area contributed by atoms with Gasteiger partial charge in [-0.25, -0.2) is 12.4 Å². The zero-order chi connectivity index (χ0) is 25.3. The lowest BCUT2D eigenvalue weighted by atomic mass is 10.1. The molecule has 4 rings (SSSR count). The first-order valence-electron chi connectivity index (χ1n) is 9.35. The molecular weight excluding hydrogens is 544 g/mol. The fraction of sp³-hybridized carbons (Fsp3) is 0.263. The molecule has 8 nitrogen and oxygen atoms in total. The molecule has 1 aliphatic rings. The lowest BCUT2D eigenvalue weighted by Gasteiger charge is -2.13. The van der Waals surface area contributed by atoms with Crippen LogP contribution in [0, 0.1) is 0 Å². The number of halogens is 5. The first kappa shape index (κ1) is 26.4. The Morgan fingerprint density at radius 2 is 1.62 bits per heavy atom. The Balaban J connectivity index is 0.000000588. The van der Waals surface area contributed by atoms with Crippen LogP contribution in [0.25, 0.3) is 10.9 Å². The van der Waals surface area contributed by atoms with Crippen molar-refractivity contribution < 1.29 is 39.5 Å². The molecule has 0 atom stereocenters. The molecule has 0 spiro atoms. The molecule has 0 bridgehead atoms. The van der Waals surface area contributed by atoms with E-state index >= 15 is 0 Å². The molecule has 1 aromatic heterocycles. The highest BCUT2D eigenvalue weighted by atomic mass is 36.0. The van der Waals surface area contributed by atoms with Gasteiger partial charge in [-0.05, 0) is 49.5 Å². The van der Waals surface area contributed by atoms with Gasteiger partial charge in [0.05, 0.1) is 10.4 Å². The highest BCUT2D eigenvalue weighted by Crippen LogP contribution is 2.33. The van der Waals surface area contributed by atoms with Crippen molar-refractivity contribution in [2.45, 2.75) is 17.8 Å². The molecule has 0 saturated heterocycles. The van der Waals surface area contributed by atoms with Gasteiger partial charge in [0.2, 0.25) is 0 Å². The monoisotopic (exact) mass is 560 g/mol. The Morgan fingerprint density at radius 1 is 1.00 bits per heavy atom. The van der Waals surface area contributed by atoms with Gasteiger partial charge >= 0.3 is 14.6 Å². The highest BCUT2D eigenvalue weighted by Gasteiger charge is 2.31. The van der Waals surface area contributed by atoms with Crippen molar-refractivity contribution in [3.63, 3.8) is 0 Å². The molecule has 3 aromatic rings. The number of rotatable bonds is 3. The van der Waals surface area contributed by atoms with Gasteiger partial charge in [0.25, 0.3) is 10.0 Å². The standard InChI is InChI=1S/C19H17F3N2O4S.Cl2O2S/c1-23-10-11-27-18-7-6-17-15(16(18)12-23)8-9-24(17)29(25,26)14-4-2-13(3-5-14)28-19(20,21)22;1-5(2,3)4/h2-9H,10-12H2,1H3;. The molecule has 0 aliphatic carbocycles. The summed E-state index contributed by atoms with van der Waals surface area (Å²) in [5.74, 6) is 0.227. The van der Waals surface area contributed by atoms with Gasteiger partial charge in [0.1, 0.15) is 18.1 Å². The maximum absolute atomic E-state index is 13.1. The average Bonchev–Trinajstić information content (AvgIpc) is 3.03. The summed E-state index contributed by atoms with van der Waals surface area (Å²) in [5, 5.41) is 0.747. The van der Waals surface area contributed by atoms with Crippen LogP contribution in [0.4, 0.5) is 13.2 Å². The van der Waals surface area contributed by atoms with Crippen molar-refractivity contribution in [2.75, 3.05) is 20.2 Å². The normalized spacial score (nSPS) is 15.0. The second-order valence-corrected chi connectivity index (χ2v) is 12.6. The molecular formula is C19H17Cl2F3N2O6S2. The summed E-state index contributed by atoms with van der Waals surface area (Å²) in [6, 6.07) is 9.23. The highest BCUT2D eigenvalue weighted by molar-refractivity contribution is 8.31. The first-order chi connectivity index (χ1) is 15.6. The van der Waals surface area contributed by atoms with Crippen LogP contribution in [0.1, 0.15) is 5.56 Å². The van der Waals surface area contributed by atoms with Gasteiger partial charge < -0.3 is 9.47 Å². The van der Waals surface area contributed by atoms with Crippen molar-refractivity contribution in [1.82, 2.24) is 8.87 Å². The van der Waals surface area contributed by atoms with Crippen LogP contribution < -0.4 is 9.47 Å². The number of hydrogen-bond donors (Lipinski definition) is 0. The summed E-state index contributed by atoms with van der Waals surface area (Å²) in [7, 11) is 2.76. The number of hydrogen-bond acceptors (Lipinski definition) is 7. The van der Waals surface area contributed by atoms with Crippen LogP contribution in [0.2, 0.25) is 0 Å². The summed E-state index contributed by atoms with van der Waals surface area (Å²) < 4.78 is 92.0. The fourth-order valence-corrected chi connectivity index (χ4v) is 4.67. The molecule has 0 unspecified atom stereocenters. The largest absolute Gasteiger partial charge is 0.573 e. The van der Waals surface area contributed by atoms with E-state index < -0.39 is 30.4 Å². The van der Waals surface area contributed by atoms with Crippen molar-refractivity contribution in [3.8, 4) is 11.5 Å². The number of fused-ring (bicyclic) bond motifs is 3. The summed E-state index contributed by atoms with van der Waals surface area (Å²) in [5.41, 5.74) is 1.36. The van der Waals surface area contributed by atoms with E-state index in [0.717, 1.165) is 45.7 Å². The number of benzene rings is 2. The molecule has 34 heavy (non-hydrogen) atoms. The number of aromatic nitrogens is 1. The molecule has 2 aromatic carbocycles. The van der Waals surface area contributed by atoms with Gasteiger partial charge in [-0.15, -0.1) is 13.2 Å². The molecule has 15 heteroatoms. The second-order valence-electron chi connectivity index (χ2n) is 7.08. The predicted molar refractivity (Wildman–Crippen MR) is 120 cm³/mol. The van der Waals surface area contributed by atoms with Crippen LogP contribution in [0.3, 0.4) is 0 Å². The van der Waals surface area contributed by atoms with Crippen molar-refractivity contribution in [2.24, 2.45) is 0 Å². The van der Waals surface area contributed by atoms with Crippen molar-refractivity contribution in [1.29, 1.82) is 0 Å². The number of likely N-dealkylation sites (N-methyl/N-ethyl adjacent to an activating group) is 1. The molecule has 2 heterocycles. The minimum Gasteiger partial charge on any atom is -0.492 e. The Labute approximate surface area is 202 Å². The van der Waals surface area contributed by atoms with Gasteiger partial charge in [-0.1, -0.05) is 0 Å². The number of nitrogens with zero attached hydrogens (tertiary/aromatic N) is 2. The molecule has 1 aliphatic heterocycles. The first-order valence-corrected chi connectivity index (χ1v) is 13.9. The van der Waals surface area contributed by atoms with Crippen LogP contribution in [-0.2, 0) is 24.8 Å². The summed E-state index contributed by atoms with van der Waals surface area (Å²) >= 11 is 0. The average molecular weight is 561 g/mol. The van der Waals surface area contributed by atoms with Gasteiger partial charge in [-0.3, -0.25) is 4.90 Å². The van der Waals surface area contributed by atoms with E-state index in [2.05, 4.69) is 31.0 Å². The topological polar surface area (TPSA) is 94.9 Å². The fourth-order valence-electron chi connectivity index (χ4n) is 3.33. The third-order valence-corrected chi connectivity index (χ3v) is 6.38. The van der Waals surface area contributed by atoms with E-state index in [4.69, 9.17) is 13.2 Å². The van der Waals surface area contributed by atoms with E-state index in [-0.39, 0.29) is 4.90 Å². The third-order valence-electron chi connectivity index (χ3n) is 4.68. The zero-order valence-corrected chi connectivity index (χ0v) is 20.4. The Bertz CT molecular complexity index is 1380. The summed E-state index contributed by atoms with van der Waals surface area (Å²) in [4.78, 5) is 1.93. The predicted octanol–water partition coefficient (Wildman–Crippen LogP) is 4.31. The number of alkyl halides is 3. The molecule has 0 fully saturated rings. The Kier molecular flexibility index (Phi) is 7.63. The molecule has 0 amide bonds. The summed E-state index contributed by atoms with van der Waals surface area (Å²) in [6.07, 6.45) is -3.41. The van der Waals surface area contributed by atoms with Crippen molar-refractivity contribution in [3.05, 3.63) is 54.2 Å². The maximum atomic E-state index is 13.1. The minimum atomic E-state index is -4.84. The molecule has 0 N–H and O–H groups in total. The lowest BCUT2D eigenvalue weighted by molar-refractivity contribution is -0.274. The van der Waals surface area contributed by atoms with Crippen LogP contribution in [0.5, 0.6) is 11.5 Å². The third kappa shape index (κ3) is 6.69. The maximum Gasteiger partial charge on any atom is 0.573 e. The van der Waals surface area contributed by atoms with Gasteiger partial charge in [0.15, 0.2) is 0 Å². The minimum absolute atomic E-state index is 0.146. The Hall–Kier alpha value is -2.19. The van der Waals surface area contributed by atoms with E-state index in [1.54, 1.807) is 18.2 Å². The van der Waals surface area contributed by atoms with E-state index in [0.29, 0.717) is 24.4 Å². The Morgan fingerprint density at radius 3 is 2.21 bits per heavy atom. The van der Waals surface area contributed by atoms with E-state index in [1.165, 1.54) is 6.20 Å². The summed E-state index contributed by atoms with van der Waals surface area (Å²) in [6.45, 7) is 1.90. The molecule has 186 valence electrons. The number of ether oxygens (including phenoxy) is 2. The van der Waals surface area contributed by atoms with Crippen LogP contribution in [0.15, 0.2) is 53.6 Å². The lowest BCUT2D eigenvalue weighted by Crippen LogP contribution is -2.20. The molecule has 0 saturated carbocycles. The van der Waals surface area contributed by atoms with E-state index in [9.17, 15) is 21.6 Å². The second kappa shape index (κ2) is 9.82. The van der Waals surface area contributed by atoms with Gasteiger partial charge in [-0.2, -0.15) is 8.42 Å².